The molecule has 0 spiro atoms. The van der Waals surface area contributed by atoms with Crippen molar-refractivity contribution in [1.29, 1.82) is 0 Å². The van der Waals surface area contributed by atoms with Gasteiger partial charge in [0.2, 0.25) is 0 Å². The van der Waals surface area contributed by atoms with Crippen LogP contribution in [-0.4, -0.2) is 28.5 Å². The van der Waals surface area contributed by atoms with Crippen LogP contribution in [0.5, 0.6) is 0 Å². The van der Waals surface area contributed by atoms with Crippen LogP contribution in [0.25, 0.3) is 0 Å². The fraction of sp³-hybridized carbons (Fsp3) is 0.429. The topological polar surface area (TPSA) is 110 Å². The fourth-order valence-corrected chi connectivity index (χ4v) is 1.79. The highest BCUT2D eigenvalue weighted by Gasteiger charge is 2.15. The zero-order valence-electron chi connectivity index (χ0n) is 12.0. The second-order valence-electron chi connectivity index (χ2n) is 5.01. The third kappa shape index (κ3) is 5.21. The first-order chi connectivity index (χ1) is 9.81. The Morgan fingerprint density at radius 3 is 2.67 bits per heavy atom. The zero-order chi connectivity index (χ0) is 16.0. The lowest BCUT2D eigenvalue weighted by atomic mass is 10.1. The Balaban J connectivity index is 2.62. The number of rotatable bonds is 7. The molecule has 0 saturated carbocycles. The Labute approximate surface area is 122 Å². The molecule has 1 aromatic rings. The molecule has 1 unspecified atom stereocenters. The van der Waals surface area contributed by atoms with Gasteiger partial charge in [0.1, 0.15) is 0 Å². The van der Waals surface area contributed by atoms with E-state index in [4.69, 9.17) is 5.11 Å². The maximum absolute atomic E-state index is 11.9. The van der Waals surface area contributed by atoms with Crippen LogP contribution in [0, 0.1) is 23.0 Å². The number of aryl methyl sites for hydroxylation is 1. The van der Waals surface area contributed by atoms with E-state index >= 15 is 0 Å². The summed E-state index contributed by atoms with van der Waals surface area (Å²) < 4.78 is 0. The molecule has 0 aliphatic carbocycles. The molecule has 0 bridgehead atoms. The lowest BCUT2D eigenvalue weighted by Gasteiger charge is -2.11. The zero-order valence-corrected chi connectivity index (χ0v) is 12.0. The van der Waals surface area contributed by atoms with Gasteiger partial charge in [-0.15, -0.1) is 0 Å². The quantitative estimate of drug-likeness (QED) is 0.591. The number of nitro benzene ring substituents is 1. The average Bonchev–Trinajstić information content (AvgIpc) is 2.42. The highest BCUT2D eigenvalue weighted by atomic mass is 16.6. The van der Waals surface area contributed by atoms with Gasteiger partial charge in [-0.3, -0.25) is 19.7 Å². The van der Waals surface area contributed by atoms with Crippen molar-refractivity contribution in [1.82, 2.24) is 5.32 Å². The van der Waals surface area contributed by atoms with Crippen molar-refractivity contribution >= 4 is 17.6 Å². The monoisotopic (exact) mass is 294 g/mol. The molecule has 1 amide bonds. The summed E-state index contributed by atoms with van der Waals surface area (Å²) >= 11 is 0. The van der Waals surface area contributed by atoms with Gasteiger partial charge in [0, 0.05) is 30.2 Å². The largest absolute Gasteiger partial charge is 0.481 e. The summed E-state index contributed by atoms with van der Waals surface area (Å²) in [5, 5.41) is 22.1. The molecular weight excluding hydrogens is 276 g/mol. The van der Waals surface area contributed by atoms with Gasteiger partial charge in [-0.05, 0) is 25.3 Å². The lowest BCUT2D eigenvalue weighted by molar-refractivity contribution is -0.385. The van der Waals surface area contributed by atoms with Gasteiger partial charge in [-0.25, -0.2) is 0 Å². The van der Waals surface area contributed by atoms with Crippen LogP contribution in [0.4, 0.5) is 5.69 Å². The van der Waals surface area contributed by atoms with E-state index in [0.717, 1.165) is 0 Å². The van der Waals surface area contributed by atoms with Crippen molar-refractivity contribution in [2.45, 2.75) is 26.7 Å². The van der Waals surface area contributed by atoms with E-state index in [1.165, 1.54) is 18.2 Å². The highest BCUT2D eigenvalue weighted by molar-refractivity contribution is 5.94. The summed E-state index contributed by atoms with van der Waals surface area (Å²) in [5.74, 6) is -1.26. The van der Waals surface area contributed by atoms with Gasteiger partial charge in [-0.1, -0.05) is 13.0 Å². The molecule has 0 radical (unpaired) electrons. The van der Waals surface area contributed by atoms with E-state index in [1.54, 1.807) is 6.92 Å². The van der Waals surface area contributed by atoms with Crippen molar-refractivity contribution in [3.05, 3.63) is 39.4 Å². The van der Waals surface area contributed by atoms with Crippen LogP contribution >= 0.6 is 0 Å². The van der Waals surface area contributed by atoms with Crippen LogP contribution < -0.4 is 5.32 Å². The van der Waals surface area contributed by atoms with E-state index in [1.807, 2.05) is 6.92 Å². The number of nitrogens with one attached hydrogen (secondary N) is 1. The molecule has 0 heterocycles. The van der Waals surface area contributed by atoms with Gasteiger partial charge < -0.3 is 10.4 Å². The maximum Gasteiger partial charge on any atom is 0.303 e. The number of carbonyl (C=O) groups excluding carboxylic acids is 1. The molecule has 7 heteroatoms. The summed E-state index contributed by atoms with van der Waals surface area (Å²) in [7, 11) is 0. The third-order valence-electron chi connectivity index (χ3n) is 3.13. The van der Waals surface area contributed by atoms with Crippen LogP contribution in [0.2, 0.25) is 0 Å². The Bertz CT molecular complexity index is 556. The SMILES string of the molecule is Cc1ccc(C(=O)NCC(C)CCC(=O)O)cc1[N+](=O)[O-]. The second kappa shape index (κ2) is 7.37. The first kappa shape index (κ1) is 16.6. The maximum atomic E-state index is 11.9. The van der Waals surface area contributed by atoms with Gasteiger partial charge in [0.25, 0.3) is 11.6 Å². The predicted molar refractivity (Wildman–Crippen MR) is 76.2 cm³/mol. The summed E-state index contributed by atoms with van der Waals surface area (Å²) in [6.45, 7) is 3.77. The molecule has 0 aliphatic rings. The molecule has 1 aromatic carbocycles. The first-order valence-corrected chi connectivity index (χ1v) is 6.56. The summed E-state index contributed by atoms with van der Waals surface area (Å²) in [5.41, 5.74) is 0.616. The van der Waals surface area contributed by atoms with Crippen molar-refractivity contribution < 1.29 is 19.6 Å². The minimum absolute atomic E-state index is 0.0190. The standard InChI is InChI=1S/C14H18N2O5/c1-9(3-6-13(17)18)8-15-14(19)11-5-4-10(2)12(7-11)16(20)21/h4-5,7,9H,3,6,8H2,1-2H3,(H,15,19)(H,17,18). The van der Waals surface area contributed by atoms with Gasteiger partial charge in [0.15, 0.2) is 0 Å². The molecule has 2 N–H and O–H groups in total. The van der Waals surface area contributed by atoms with Crippen molar-refractivity contribution in [2.75, 3.05) is 6.54 Å². The van der Waals surface area contributed by atoms with E-state index in [-0.39, 0.29) is 23.6 Å². The number of amides is 1. The summed E-state index contributed by atoms with van der Waals surface area (Å²) in [6.07, 6.45) is 0.511. The van der Waals surface area contributed by atoms with Crippen LogP contribution in [0.15, 0.2) is 18.2 Å². The van der Waals surface area contributed by atoms with E-state index < -0.39 is 16.8 Å². The molecule has 114 valence electrons. The number of benzene rings is 1. The number of aliphatic carboxylic acids is 1. The van der Waals surface area contributed by atoms with E-state index in [0.29, 0.717) is 18.5 Å². The molecule has 1 atom stereocenters. The van der Waals surface area contributed by atoms with Crippen molar-refractivity contribution in [3.63, 3.8) is 0 Å². The molecule has 0 aliphatic heterocycles. The molecule has 7 nitrogen and oxygen atoms in total. The van der Waals surface area contributed by atoms with Gasteiger partial charge in [0.05, 0.1) is 4.92 Å². The first-order valence-electron chi connectivity index (χ1n) is 6.56. The summed E-state index contributed by atoms with van der Waals surface area (Å²) in [4.78, 5) is 32.7. The molecule has 21 heavy (non-hydrogen) atoms. The molecule has 0 saturated heterocycles. The lowest BCUT2D eigenvalue weighted by Crippen LogP contribution is -2.28. The molecule has 0 aromatic heterocycles. The normalized spacial score (nSPS) is 11.7. The highest BCUT2D eigenvalue weighted by Crippen LogP contribution is 2.19. The van der Waals surface area contributed by atoms with Crippen LogP contribution in [0.3, 0.4) is 0 Å². The molecular formula is C14H18N2O5. The van der Waals surface area contributed by atoms with E-state index in [2.05, 4.69) is 5.32 Å². The number of nitrogens with zero attached hydrogens (tertiary/aromatic N) is 1. The average molecular weight is 294 g/mol. The Kier molecular flexibility index (Phi) is 5.83. The minimum Gasteiger partial charge on any atom is -0.481 e. The second-order valence-corrected chi connectivity index (χ2v) is 5.01. The smallest absolute Gasteiger partial charge is 0.303 e. The van der Waals surface area contributed by atoms with Crippen LogP contribution in [0.1, 0.15) is 35.7 Å². The number of hydrogen-bond donors (Lipinski definition) is 2. The Hall–Kier alpha value is -2.44. The number of carbonyl (C=O) groups is 2. The fourth-order valence-electron chi connectivity index (χ4n) is 1.79. The third-order valence-corrected chi connectivity index (χ3v) is 3.13. The van der Waals surface area contributed by atoms with Crippen molar-refractivity contribution in [3.8, 4) is 0 Å². The number of carboxylic acids is 1. The molecule has 1 rings (SSSR count). The van der Waals surface area contributed by atoms with Gasteiger partial charge >= 0.3 is 5.97 Å². The minimum atomic E-state index is -0.873. The Morgan fingerprint density at radius 1 is 1.43 bits per heavy atom. The molecule has 0 fully saturated rings. The Morgan fingerprint density at radius 2 is 2.10 bits per heavy atom. The number of nitro groups is 1. The predicted octanol–water partition coefficient (Wildman–Crippen LogP) is 2.13. The van der Waals surface area contributed by atoms with Crippen LogP contribution in [-0.2, 0) is 4.79 Å². The van der Waals surface area contributed by atoms with Crippen molar-refractivity contribution in [2.24, 2.45) is 5.92 Å². The van der Waals surface area contributed by atoms with Gasteiger partial charge in [-0.2, -0.15) is 0 Å². The number of hydrogen-bond acceptors (Lipinski definition) is 4. The number of carboxylic acid groups (broad SMARTS) is 1. The summed E-state index contributed by atoms with van der Waals surface area (Å²) in [6, 6.07) is 4.30. The van der Waals surface area contributed by atoms with E-state index in [9.17, 15) is 19.7 Å².